The van der Waals surface area contributed by atoms with E-state index in [2.05, 4.69) is 19.7 Å². The molecule has 0 aliphatic heterocycles. The van der Waals surface area contributed by atoms with E-state index in [-0.39, 0.29) is 60.9 Å². The summed E-state index contributed by atoms with van der Waals surface area (Å²) in [6, 6.07) is 22.7. The van der Waals surface area contributed by atoms with Gasteiger partial charge in [0.1, 0.15) is 28.7 Å². The molecule has 0 heterocycles. The number of allylic oxidation sites excluding steroid dienone is 3. The van der Waals surface area contributed by atoms with E-state index in [0.717, 1.165) is 16.7 Å². The minimum atomic E-state index is 0.104. The van der Waals surface area contributed by atoms with Crippen molar-refractivity contribution in [2.45, 2.75) is 51.4 Å². The number of hydrogen-bond acceptors (Lipinski definition) is 5. The summed E-state index contributed by atoms with van der Waals surface area (Å²) >= 11 is 0. The molecule has 0 spiro atoms. The smallest absolute Gasteiger partial charge is 0.122 e. The fourth-order valence-electron chi connectivity index (χ4n) is 7.04. The van der Waals surface area contributed by atoms with Crippen LogP contribution in [0.2, 0.25) is 0 Å². The number of fused-ring (bicyclic) bond motifs is 10. The quantitative estimate of drug-likeness (QED) is 0.116. The van der Waals surface area contributed by atoms with E-state index in [1.807, 2.05) is 91.0 Å². The van der Waals surface area contributed by atoms with Crippen molar-refractivity contribution in [3.8, 4) is 28.7 Å². The molecule has 0 aromatic heterocycles. The SMILES string of the molecule is C=CCc1cc2c(O)c(c1)Cc1cccc(c1O)Cc1cc(CC=C)cc(c1O)Cc1cc(CC=C)cc(c1O)Cc1cccc(c1O)C2. The minimum absolute atomic E-state index is 0.104. The average molecular weight is 651 g/mol. The summed E-state index contributed by atoms with van der Waals surface area (Å²) in [5.74, 6) is 0.521. The summed E-state index contributed by atoms with van der Waals surface area (Å²) in [6.07, 6.45) is 8.57. The van der Waals surface area contributed by atoms with Crippen molar-refractivity contribution in [3.05, 3.63) is 183 Å². The van der Waals surface area contributed by atoms with E-state index in [0.29, 0.717) is 74.9 Å². The van der Waals surface area contributed by atoms with Gasteiger partial charge in [0.25, 0.3) is 0 Å². The monoisotopic (exact) mass is 650 g/mol. The molecule has 0 radical (unpaired) electrons. The first-order chi connectivity index (χ1) is 23.7. The number of hydrogen-bond donors (Lipinski definition) is 5. The van der Waals surface area contributed by atoms with Gasteiger partial charge in [-0.2, -0.15) is 0 Å². The Hall–Kier alpha value is -5.68. The fraction of sp³-hybridized carbons (Fsp3) is 0.182. The Morgan fingerprint density at radius 2 is 0.571 bits per heavy atom. The first kappa shape index (κ1) is 33.2. The first-order valence-corrected chi connectivity index (χ1v) is 16.6. The van der Waals surface area contributed by atoms with Crippen LogP contribution >= 0.6 is 0 Å². The maximum atomic E-state index is 11.7. The topological polar surface area (TPSA) is 101 Å². The molecule has 1 aliphatic carbocycles. The fourth-order valence-corrected chi connectivity index (χ4v) is 7.04. The molecule has 0 atom stereocenters. The minimum Gasteiger partial charge on any atom is -0.507 e. The van der Waals surface area contributed by atoms with Crippen LogP contribution in [0.4, 0.5) is 0 Å². The van der Waals surface area contributed by atoms with E-state index in [4.69, 9.17) is 0 Å². The molecule has 5 N–H and O–H groups in total. The molecule has 0 amide bonds. The van der Waals surface area contributed by atoms with Crippen LogP contribution in [0.5, 0.6) is 28.7 Å². The summed E-state index contributed by atoms with van der Waals surface area (Å²) in [4.78, 5) is 0. The van der Waals surface area contributed by atoms with Gasteiger partial charge in [0, 0.05) is 32.1 Å². The zero-order chi connectivity index (χ0) is 34.7. The maximum absolute atomic E-state index is 11.7. The van der Waals surface area contributed by atoms with E-state index < -0.39 is 0 Å². The van der Waals surface area contributed by atoms with Crippen LogP contribution in [0, 0.1) is 0 Å². The van der Waals surface area contributed by atoms with Crippen LogP contribution in [0.3, 0.4) is 0 Å². The second-order valence-electron chi connectivity index (χ2n) is 13.0. The molecule has 5 aromatic carbocycles. The molecular formula is C44H42O5. The van der Waals surface area contributed by atoms with Gasteiger partial charge >= 0.3 is 0 Å². The van der Waals surface area contributed by atoms with Crippen LogP contribution in [-0.2, 0) is 51.4 Å². The largest absolute Gasteiger partial charge is 0.507 e. The van der Waals surface area contributed by atoms with Crippen LogP contribution < -0.4 is 0 Å². The van der Waals surface area contributed by atoms with Crippen LogP contribution in [0.1, 0.15) is 72.3 Å². The van der Waals surface area contributed by atoms with Crippen molar-refractivity contribution in [3.63, 3.8) is 0 Å². The standard InChI is InChI=1S/C44H42O5/c1-4-9-27-16-34-22-30-12-7-14-32(40(30)45)24-36-18-28(10-5-2)20-38(43(36)48)26-39-21-29(11-6-3)19-37(44(39)49)25-33-15-8-13-31(41(33)46)23-35(17-27)42(34)47/h4-8,12-21,45-49H,1-3,9-11,22-26H2. The number of benzene rings is 5. The Bertz CT molecular complexity index is 1950. The van der Waals surface area contributed by atoms with Crippen LogP contribution in [-0.4, -0.2) is 25.5 Å². The van der Waals surface area contributed by atoms with Crippen molar-refractivity contribution >= 4 is 0 Å². The van der Waals surface area contributed by atoms with Crippen molar-refractivity contribution in [1.82, 2.24) is 0 Å². The number of aromatic hydroxyl groups is 5. The highest BCUT2D eigenvalue weighted by atomic mass is 16.3. The molecule has 5 aromatic rings. The van der Waals surface area contributed by atoms with Crippen molar-refractivity contribution in [1.29, 1.82) is 0 Å². The normalized spacial score (nSPS) is 12.6. The number of phenols is 5. The second-order valence-corrected chi connectivity index (χ2v) is 13.0. The highest BCUT2D eigenvalue weighted by Gasteiger charge is 2.21. The molecule has 5 heteroatoms. The Kier molecular flexibility index (Phi) is 9.63. The van der Waals surface area contributed by atoms with Gasteiger partial charge in [-0.1, -0.05) is 91.0 Å². The molecular weight excluding hydrogens is 608 g/mol. The molecule has 1 aliphatic rings. The molecule has 248 valence electrons. The lowest BCUT2D eigenvalue weighted by Gasteiger charge is -2.19. The van der Waals surface area contributed by atoms with E-state index in [9.17, 15) is 25.5 Å². The van der Waals surface area contributed by atoms with E-state index in [1.165, 1.54) is 0 Å². The third-order valence-electron chi connectivity index (χ3n) is 9.43. The predicted molar refractivity (Wildman–Crippen MR) is 196 cm³/mol. The van der Waals surface area contributed by atoms with Gasteiger partial charge in [-0.25, -0.2) is 0 Å². The summed E-state index contributed by atoms with van der Waals surface area (Å²) in [7, 11) is 0. The van der Waals surface area contributed by atoms with Crippen LogP contribution in [0.25, 0.3) is 0 Å². The van der Waals surface area contributed by atoms with Crippen molar-refractivity contribution < 1.29 is 25.5 Å². The van der Waals surface area contributed by atoms with E-state index >= 15 is 0 Å². The van der Waals surface area contributed by atoms with E-state index in [1.54, 1.807) is 0 Å². The van der Waals surface area contributed by atoms with Gasteiger partial charge in [0.15, 0.2) is 0 Å². The summed E-state index contributed by atoms with van der Waals surface area (Å²) in [5, 5.41) is 58.1. The molecule has 0 saturated heterocycles. The summed E-state index contributed by atoms with van der Waals surface area (Å²) in [5.41, 5.74) is 9.36. The van der Waals surface area contributed by atoms with Gasteiger partial charge in [0.2, 0.25) is 0 Å². The third kappa shape index (κ3) is 6.97. The molecule has 5 nitrogen and oxygen atoms in total. The molecule has 0 saturated carbocycles. The molecule has 49 heavy (non-hydrogen) atoms. The Morgan fingerprint density at radius 1 is 0.367 bits per heavy atom. The number of rotatable bonds is 6. The van der Waals surface area contributed by atoms with Gasteiger partial charge in [-0.3, -0.25) is 0 Å². The molecule has 6 rings (SSSR count). The average Bonchev–Trinajstić information content (AvgIpc) is 3.07. The molecule has 0 unspecified atom stereocenters. The molecule has 10 bridgehead atoms. The van der Waals surface area contributed by atoms with Gasteiger partial charge in [-0.15, -0.1) is 19.7 Å². The Balaban J connectivity index is 1.59. The lowest BCUT2D eigenvalue weighted by Crippen LogP contribution is -2.03. The summed E-state index contributed by atoms with van der Waals surface area (Å²) in [6.45, 7) is 11.7. The lowest BCUT2D eigenvalue weighted by atomic mass is 9.89. The Labute approximate surface area is 288 Å². The highest BCUT2D eigenvalue weighted by Crippen LogP contribution is 2.39. The number of phenolic OH excluding ortho intramolecular Hbond substituents is 5. The maximum Gasteiger partial charge on any atom is 0.122 e. The van der Waals surface area contributed by atoms with Gasteiger partial charge in [0.05, 0.1) is 0 Å². The summed E-state index contributed by atoms with van der Waals surface area (Å²) < 4.78 is 0. The molecule has 0 fully saturated rings. The van der Waals surface area contributed by atoms with Crippen LogP contribution in [0.15, 0.2) is 111 Å². The number of para-hydroxylation sites is 2. The zero-order valence-corrected chi connectivity index (χ0v) is 27.7. The third-order valence-corrected chi connectivity index (χ3v) is 9.43. The van der Waals surface area contributed by atoms with Crippen molar-refractivity contribution in [2.24, 2.45) is 0 Å². The zero-order valence-electron chi connectivity index (χ0n) is 27.7. The van der Waals surface area contributed by atoms with Crippen molar-refractivity contribution in [2.75, 3.05) is 0 Å². The highest BCUT2D eigenvalue weighted by molar-refractivity contribution is 5.57. The Morgan fingerprint density at radius 3 is 0.796 bits per heavy atom. The second kappa shape index (κ2) is 14.2. The lowest BCUT2D eigenvalue weighted by molar-refractivity contribution is 0.450. The van der Waals surface area contributed by atoms with Gasteiger partial charge < -0.3 is 25.5 Å². The first-order valence-electron chi connectivity index (χ1n) is 16.6. The predicted octanol–water partition coefficient (Wildman–Crippen LogP) is 8.67. The van der Waals surface area contributed by atoms with Gasteiger partial charge in [-0.05, 0) is 91.6 Å².